The lowest BCUT2D eigenvalue weighted by Crippen LogP contribution is -2.28. The molecule has 0 aliphatic rings. The van der Waals surface area contributed by atoms with Crippen LogP contribution in [-0.2, 0) is 4.79 Å². The molecule has 0 aromatic rings. The van der Waals surface area contributed by atoms with Crippen LogP contribution in [0.3, 0.4) is 0 Å². The van der Waals surface area contributed by atoms with Crippen molar-refractivity contribution >= 4 is 11.6 Å². The minimum absolute atomic E-state index is 0.648. The topological polar surface area (TPSA) is 122 Å². The monoisotopic (exact) mass is 172 g/mol. The van der Waals surface area contributed by atoms with Crippen LogP contribution in [-0.4, -0.2) is 23.6 Å². The first-order valence-electron chi connectivity index (χ1n) is 2.91. The first kappa shape index (κ1) is 10.1. The van der Waals surface area contributed by atoms with Crippen LogP contribution in [0.2, 0.25) is 0 Å². The average Bonchev–Trinajstić information content (AvgIpc) is 1.98. The normalized spacial score (nSPS) is 10.6. The second kappa shape index (κ2) is 4.06. The van der Waals surface area contributed by atoms with Crippen LogP contribution in [0.15, 0.2) is 11.9 Å². The first-order chi connectivity index (χ1) is 5.50. The molecule has 7 nitrogen and oxygen atoms in total. The number of rotatable bonds is 4. The van der Waals surface area contributed by atoms with E-state index in [1.54, 1.807) is 0 Å². The van der Waals surface area contributed by atoms with Gasteiger partial charge in [0.15, 0.2) is 5.71 Å². The molecule has 1 amide bonds. The lowest BCUT2D eigenvalue weighted by molar-refractivity contribution is -0.415. The van der Waals surface area contributed by atoms with E-state index in [2.05, 4.69) is 11.1 Å². The van der Waals surface area contributed by atoms with Crippen LogP contribution in [0.1, 0.15) is 0 Å². The van der Waals surface area contributed by atoms with Gasteiger partial charge in [0.05, 0.1) is 11.1 Å². The van der Waals surface area contributed by atoms with Gasteiger partial charge in [-0.2, -0.15) is 0 Å². The Hall–Kier alpha value is -1.92. The van der Waals surface area contributed by atoms with Crippen molar-refractivity contribution in [1.82, 2.24) is 5.32 Å². The van der Waals surface area contributed by atoms with Gasteiger partial charge in [-0.05, 0) is 0 Å². The summed E-state index contributed by atoms with van der Waals surface area (Å²) in [5.74, 6) is -1.13. The average molecular weight is 172 g/mol. The van der Waals surface area contributed by atoms with E-state index in [4.69, 9.17) is 5.41 Å². The van der Waals surface area contributed by atoms with Crippen molar-refractivity contribution in [2.45, 2.75) is 0 Å². The summed E-state index contributed by atoms with van der Waals surface area (Å²) in [4.78, 5) is 19.7. The molecule has 0 rings (SSSR count). The molecular formula is C5H8N4O3. The Labute approximate surface area is 67.9 Å². The fraction of sp³-hybridized carbons (Fsp3) is 0.200. The molecule has 0 unspecified atom stereocenters. The van der Waals surface area contributed by atoms with Crippen molar-refractivity contribution in [2.75, 3.05) is 7.05 Å². The van der Waals surface area contributed by atoms with Crippen LogP contribution < -0.4 is 11.1 Å². The minimum Gasteiger partial charge on any atom is -0.388 e. The number of nitrogens with one attached hydrogen (secondary N) is 2. The molecule has 0 aromatic heterocycles. The summed E-state index contributed by atoms with van der Waals surface area (Å²) in [6, 6.07) is 0. The molecule has 0 aliphatic carbocycles. The van der Waals surface area contributed by atoms with Crippen LogP contribution in [0.25, 0.3) is 0 Å². The standard InChI is InChI=1S/C5H8N4O3/c1-8-2-3(9(11)12)4(6)5(7)10/h2,6,8H,1H3,(H2,7,10)/b3-2+,6-4?. The second-order valence-electron chi connectivity index (χ2n) is 1.81. The van der Waals surface area contributed by atoms with Crippen molar-refractivity contribution in [3.05, 3.63) is 22.0 Å². The summed E-state index contributed by atoms with van der Waals surface area (Å²) in [7, 11) is 1.41. The highest BCUT2D eigenvalue weighted by atomic mass is 16.6. The van der Waals surface area contributed by atoms with Crippen molar-refractivity contribution < 1.29 is 9.72 Å². The summed E-state index contributed by atoms with van der Waals surface area (Å²) in [5, 5.41) is 19.4. The zero-order chi connectivity index (χ0) is 9.72. The van der Waals surface area contributed by atoms with Gasteiger partial charge in [0.1, 0.15) is 0 Å². The third kappa shape index (κ3) is 2.37. The molecular weight excluding hydrogens is 164 g/mol. The van der Waals surface area contributed by atoms with E-state index in [0.29, 0.717) is 0 Å². The highest BCUT2D eigenvalue weighted by molar-refractivity contribution is 6.42. The predicted octanol–water partition coefficient (Wildman–Crippen LogP) is -1.17. The Bertz CT molecular complexity index is 257. The number of hydrogen-bond acceptors (Lipinski definition) is 5. The molecule has 0 aliphatic heterocycles. The molecule has 0 fully saturated rings. The fourth-order valence-corrected chi connectivity index (χ4v) is 0.479. The van der Waals surface area contributed by atoms with Crippen LogP contribution in [0.4, 0.5) is 0 Å². The third-order valence-corrected chi connectivity index (χ3v) is 0.980. The van der Waals surface area contributed by atoms with E-state index in [0.717, 1.165) is 6.20 Å². The molecule has 4 N–H and O–H groups in total. The third-order valence-electron chi connectivity index (χ3n) is 0.980. The Morgan fingerprint density at radius 2 is 2.25 bits per heavy atom. The van der Waals surface area contributed by atoms with Crippen LogP contribution in [0, 0.1) is 15.5 Å². The van der Waals surface area contributed by atoms with E-state index >= 15 is 0 Å². The van der Waals surface area contributed by atoms with E-state index in [9.17, 15) is 14.9 Å². The highest BCUT2D eigenvalue weighted by Gasteiger charge is 2.21. The summed E-state index contributed by atoms with van der Waals surface area (Å²) in [6.45, 7) is 0. The number of carbonyl (C=O) groups is 1. The molecule has 0 aromatic carbocycles. The number of nitro groups is 1. The van der Waals surface area contributed by atoms with Gasteiger partial charge in [-0.15, -0.1) is 0 Å². The summed E-state index contributed by atoms with van der Waals surface area (Å²) in [6.07, 6.45) is 0.924. The van der Waals surface area contributed by atoms with Crippen molar-refractivity contribution in [2.24, 2.45) is 5.73 Å². The molecule has 7 heteroatoms. The molecule has 0 atom stereocenters. The second-order valence-corrected chi connectivity index (χ2v) is 1.81. The minimum atomic E-state index is -1.13. The van der Waals surface area contributed by atoms with Gasteiger partial charge in [0, 0.05) is 7.05 Å². The number of hydrogen-bond donors (Lipinski definition) is 3. The predicted molar refractivity (Wildman–Crippen MR) is 41.1 cm³/mol. The number of nitrogens with zero attached hydrogens (tertiary/aromatic N) is 1. The highest BCUT2D eigenvalue weighted by Crippen LogP contribution is 1.95. The summed E-state index contributed by atoms with van der Waals surface area (Å²) < 4.78 is 0. The molecule has 0 saturated heterocycles. The first-order valence-corrected chi connectivity index (χ1v) is 2.91. The van der Waals surface area contributed by atoms with Gasteiger partial charge in [-0.1, -0.05) is 0 Å². The number of nitrogens with two attached hydrogens (primary N) is 1. The zero-order valence-electron chi connectivity index (χ0n) is 6.33. The van der Waals surface area contributed by atoms with Gasteiger partial charge in [-0.25, -0.2) is 0 Å². The molecule has 0 radical (unpaired) electrons. The van der Waals surface area contributed by atoms with Gasteiger partial charge >= 0.3 is 5.70 Å². The Morgan fingerprint density at radius 3 is 2.50 bits per heavy atom. The smallest absolute Gasteiger partial charge is 0.315 e. The van der Waals surface area contributed by atoms with Crippen molar-refractivity contribution in [3.63, 3.8) is 0 Å². The van der Waals surface area contributed by atoms with E-state index < -0.39 is 22.2 Å². The number of amides is 1. The Kier molecular flexibility index (Phi) is 3.41. The Morgan fingerprint density at radius 1 is 1.75 bits per heavy atom. The largest absolute Gasteiger partial charge is 0.388 e. The molecule has 0 spiro atoms. The van der Waals surface area contributed by atoms with Gasteiger partial charge < -0.3 is 11.1 Å². The van der Waals surface area contributed by atoms with E-state index in [1.165, 1.54) is 7.05 Å². The maximum atomic E-state index is 10.3. The lowest BCUT2D eigenvalue weighted by Gasteiger charge is -1.95. The quantitative estimate of drug-likeness (QED) is 0.281. The van der Waals surface area contributed by atoms with Crippen molar-refractivity contribution in [1.29, 1.82) is 5.41 Å². The fourth-order valence-electron chi connectivity index (χ4n) is 0.479. The molecule has 0 bridgehead atoms. The van der Waals surface area contributed by atoms with Gasteiger partial charge in [0.25, 0.3) is 5.91 Å². The van der Waals surface area contributed by atoms with E-state index in [-0.39, 0.29) is 0 Å². The van der Waals surface area contributed by atoms with Crippen LogP contribution in [0.5, 0.6) is 0 Å². The maximum Gasteiger partial charge on any atom is 0.315 e. The molecule has 12 heavy (non-hydrogen) atoms. The summed E-state index contributed by atoms with van der Waals surface area (Å²) in [5.41, 5.74) is 3.20. The van der Waals surface area contributed by atoms with Crippen LogP contribution >= 0.6 is 0 Å². The maximum absolute atomic E-state index is 10.3. The van der Waals surface area contributed by atoms with Gasteiger partial charge in [0.2, 0.25) is 0 Å². The number of carbonyl (C=O) groups excluding carboxylic acids is 1. The molecule has 0 saturated carbocycles. The van der Waals surface area contributed by atoms with Crippen molar-refractivity contribution in [3.8, 4) is 0 Å². The summed E-state index contributed by atoms with van der Waals surface area (Å²) >= 11 is 0. The SMILES string of the molecule is CN/C=C(\C(=N)C(N)=O)[N+](=O)[O-]. The molecule has 0 heterocycles. The van der Waals surface area contributed by atoms with E-state index in [1.807, 2.05) is 0 Å². The van der Waals surface area contributed by atoms with Gasteiger partial charge in [-0.3, -0.25) is 20.3 Å². The Balaban J connectivity index is 4.77. The zero-order valence-corrected chi connectivity index (χ0v) is 6.33. The number of primary amides is 1. The lowest BCUT2D eigenvalue weighted by atomic mass is 10.3. The molecule has 66 valence electrons.